The van der Waals surface area contributed by atoms with Crippen molar-refractivity contribution in [2.24, 2.45) is 0 Å². The van der Waals surface area contributed by atoms with Gasteiger partial charge in [-0.2, -0.15) is 0 Å². The molecule has 0 saturated carbocycles. The molecule has 0 radical (unpaired) electrons. The Hall–Kier alpha value is -4.20. The second-order valence-electron chi connectivity index (χ2n) is 6.15. The van der Waals surface area contributed by atoms with Gasteiger partial charge in [-0.05, 0) is 18.2 Å². The van der Waals surface area contributed by atoms with E-state index in [0.29, 0.717) is 5.69 Å². The van der Waals surface area contributed by atoms with Crippen LogP contribution in [0, 0.1) is 10.1 Å². The molecule has 3 aromatic rings. The molecule has 138 valence electrons. The summed E-state index contributed by atoms with van der Waals surface area (Å²) < 4.78 is 0. The summed E-state index contributed by atoms with van der Waals surface area (Å²) in [5.74, 6) is -2.70. The van der Waals surface area contributed by atoms with Crippen LogP contribution in [0.3, 0.4) is 0 Å². The van der Waals surface area contributed by atoms with Crippen LogP contribution in [0.15, 0.2) is 54.6 Å². The van der Waals surface area contributed by atoms with E-state index in [-0.39, 0.29) is 16.8 Å². The fourth-order valence-electron chi connectivity index (χ4n) is 3.30. The van der Waals surface area contributed by atoms with Gasteiger partial charge in [0.15, 0.2) is 0 Å². The molecule has 0 bridgehead atoms. The molecule has 28 heavy (non-hydrogen) atoms. The fourth-order valence-corrected chi connectivity index (χ4v) is 3.30. The first kappa shape index (κ1) is 17.2. The first-order chi connectivity index (χ1) is 13.4. The van der Waals surface area contributed by atoms with E-state index in [4.69, 9.17) is 0 Å². The Kier molecular flexibility index (Phi) is 3.82. The Labute approximate surface area is 157 Å². The van der Waals surface area contributed by atoms with Crippen LogP contribution in [0.4, 0.5) is 17.1 Å². The molecule has 0 aliphatic heterocycles. The van der Waals surface area contributed by atoms with E-state index in [1.165, 1.54) is 18.2 Å². The van der Waals surface area contributed by atoms with Crippen LogP contribution in [0.5, 0.6) is 11.5 Å². The molecule has 0 heterocycles. The minimum atomic E-state index is -0.852. The molecule has 4 rings (SSSR count). The fraction of sp³-hybridized carbons (Fsp3) is 0. The highest BCUT2D eigenvalue weighted by atomic mass is 16.6. The molecule has 1 aliphatic rings. The summed E-state index contributed by atoms with van der Waals surface area (Å²) >= 11 is 0. The molecular formula is C20H12N2O6. The zero-order valence-corrected chi connectivity index (χ0v) is 14.2. The zero-order valence-electron chi connectivity index (χ0n) is 14.2. The molecule has 0 spiro atoms. The lowest BCUT2D eigenvalue weighted by atomic mass is 9.82. The molecule has 3 aromatic carbocycles. The van der Waals surface area contributed by atoms with Crippen molar-refractivity contribution in [2.75, 3.05) is 5.32 Å². The Morgan fingerprint density at radius 3 is 2.21 bits per heavy atom. The highest BCUT2D eigenvalue weighted by Crippen LogP contribution is 2.44. The van der Waals surface area contributed by atoms with Crippen molar-refractivity contribution in [1.82, 2.24) is 0 Å². The second kappa shape index (κ2) is 6.20. The van der Waals surface area contributed by atoms with Gasteiger partial charge in [-0.25, -0.2) is 0 Å². The third-order valence-electron chi connectivity index (χ3n) is 4.48. The number of nitro groups is 1. The number of hydrogen-bond donors (Lipinski definition) is 3. The summed E-state index contributed by atoms with van der Waals surface area (Å²) in [4.78, 5) is 36.8. The maximum absolute atomic E-state index is 13.0. The maximum Gasteiger partial charge on any atom is 0.304 e. The number of phenols is 2. The average molecular weight is 376 g/mol. The average Bonchev–Trinajstić information content (AvgIpc) is 2.66. The Bertz CT molecular complexity index is 1170. The summed E-state index contributed by atoms with van der Waals surface area (Å²) in [6, 6.07) is 13.4. The van der Waals surface area contributed by atoms with Crippen molar-refractivity contribution in [1.29, 1.82) is 0 Å². The molecule has 0 saturated heterocycles. The van der Waals surface area contributed by atoms with Crippen molar-refractivity contribution in [3.63, 3.8) is 0 Å². The minimum absolute atomic E-state index is 0.128. The van der Waals surface area contributed by atoms with Crippen LogP contribution >= 0.6 is 0 Å². The van der Waals surface area contributed by atoms with Crippen molar-refractivity contribution in [3.8, 4) is 11.5 Å². The summed E-state index contributed by atoms with van der Waals surface area (Å²) in [5.41, 5.74) is -1.69. The summed E-state index contributed by atoms with van der Waals surface area (Å²) in [6.45, 7) is 0. The maximum atomic E-state index is 13.0. The molecule has 3 N–H and O–H groups in total. The number of rotatable bonds is 3. The quantitative estimate of drug-likeness (QED) is 0.368. The van der Waals surface area contributed by atoms with Crippen LogP contribution in [0.1, 0.15) is 31.8 Å². The molecule has 8 heteroatoms. The predicted octanol–water partition coefficient (Wildman–Crippen LogP) is 3.53. The molecule has 0 fully saturated rings. The van der Waals surface area contributed by atoms with E-state index in [2.05, 4.69) is 5.32 Å². The number of anilines is 2. The van der Waals surface area contributed by atoms with Gasteiger partial charge in [0.25, 0.3) is 0 Å². The summed E-state index contributed by atoms with van der Waals surface area (Å²) in [5, 5.41) is 35.0. The van der Waals surface area contributed by atoms with E-state index < -0.39 is 44.8 Å². The van der Waals surface area contributed by atoms with Gasteiger partial charge in [-0.15, -0.1) is 0 Å². The normalized spacial score (nSPS) is 12.3. The van der Waals surface area contributed by atoms with Crippen LogP contribution < -0.4 is 5.32 Å². The van der Waals surface area contributed by atoms with Crippen LogP contribution in [0.25, 0.3) is 0 Å². The third-order valence-corrected chi connectivity index (χ3v) is 4.48. The van der Waals surface area contributed by atoms with E-state index in [1.807, 2.05) is 0 Å². The second-order valence-corrected chi connectivity index (χ2v) is 6.15. The van der Waals surface area contributed by atoms with Gasteiger partial charge in [0.2, 0.25) is 11.6 Å². The van der Waals surface area contributed by atoms with Crippen LogP contribution in [-0.4, -0.2) is 26.7 Å². The van der Waals surface area contributed by atoms with Gasteiger partial charge in [0.1, 0.15) is 22.7 Å². The number of nitro benzene ring substituents is 1. The van der Waals surface area contributed by atoms with Crippen molar-refractivity contribution >= 4 is 28.6 Å². The molecule has 0 unspecified atom stereocenters. The molecule has 1 aliphatic carbocycles. The van der Waals surface area contributed by atoms with Crippen LogP contribution in [0.2, 0.25) is 0 Å². The topological polar surface area (TPSA) is 130 Å². The number of ketones is 2. The highest BCUT2D eigenvalue weighted by molar-refractivity contribution is 6.32. The van der Waals surface area contributed by atoms with E-state index in [9.17, 15) is 29.9 Å². The number of nitrogens with zero attached hydrogens (tertiary/aromatic N) is 1. The van der Waals surface area contributed by atoms with E-state index >= 15 is 0 Å². The smallest absolute Gasteiger partial charge is 0.304 e. The Morgan fingerprint density at radius 1 is 0.821 bits per heavy atom. The van der Waals surface area contributed by atoms with Crippen LogP contribution in [-0.2, 0) is 0 Å². The molecular weight excluding hydrogens is 364 g/mol. The van der Waals surface area contributed by atoms with Gasteiger partial charge in [-0.1, -0.05) is 30.3 Å². The number of hydrogen-bond acceptors (Lipinski definition) is 7. The monoisotopic (exact) mass is 376 g/mol. The predicted molar refractivity (Wildman–Crippen MR) is 99.5 cm³/mol. The molecule has 0 amide bonds. The van der Waals surface area contributed by atoms with Gasteiger partial charge in [0.05, 0.1) is 16.1 Å². The lowest BCUT2D eigenvalue weighted by Gasteiger charge is -2.20. The number of fused-ring (bicyclic) bond motifs is 2. The van der Waals surface area contributed by atoms with E-state index in [0.717, 1.165) is 6.07 Å². The SMILES string of the molecule is O=C1c2c(O)cccc2C(=O)c2c1c(O)cc(Nc1ccccc1)c2[N+](=O)[O-]. The largest absolute Gasteiger partial charge is 0.507 e. The molecule has 0 aromatic heterocycles. The van der Waals surface area contributed by atoms with Gasteiger partial charge < -0.3 is 15.5 Å². The molecule has 0 atom stereocenters. The van der Waals surface area contributed by atoms with Gasteiger partial charge in [-0.3, -0.25) is 19.7 Å². The van der Waals surface area contributed by atoms with Crippen molar-refractivity contribution in [3.05, 3.63) is 87.0 Å². The summed E-state index contributed by atoms with van der Waals surface area (Å²) in [7, 11) is 0. The number of aromatic hydroxyl groups is 2. The highest BCUT2D eigenvalue weighted by Gasteiger charge is 2.41. The number of carbonyl (C=O) groups is 2. The van der Waals surface area contributed by atoms with Gasteiger partial charge >= 0.3 is 5.69 Å². The lowest BCUT2D eigenvalue weighted by molar-refractivity contribution is -0.384. The summed E-state index contributed by atoms with van der Waals surface area (Å²) in [6.07, 6.45) is 0. The first-order valence-electron chi connectivity index (χ1n) is 8.18. The number of para-hydroxylation sites is 1. The zero-order chi connectivity index (χ0) is 20.0. The number of benzene rings is 3. The lowest BCUT2D eigenvalue weighted by Crippen LogP contribution is -2.23. The van der Waals surface area contributed by atoms with Crippen molar-refractivity contribution < 1.29 is 24.7 Å². The number of nitrogens with one attached hydrogen (secondary N) is 1. The minimum Gasteiger partial charge on any atom is -0.507 e. The standard InChI is InChI=1S/C20H12N2O6/c23-13-8-4-7-11-15(13)20(26)16-14(24)9-12(21-10-5-2-1-3-6-10)18(22(27)28)17(16)19(11)25/h1-9,21,23-24H. The van der Waals surface area contributed by atoms with Gasteiger partial charge in [0, 0.05) is 17.3 Å². The Balaban J connectivity index is 2.00. The van der Waals surface area contributed by atoms with E-state index in [1.54, 1.807) is 30.3 Å². The number of phenolic OH excluding ortho intramolecular Hbond substituents is 2. The number of carbonyl (C=O) groups excluding carboxylic acids is 2. The van der Waals surface area contributed by atoms with Crippen molar-refractivity contribution in [2.45, 2.75) is 0 Å². The molecule has 8 nitrogen and oxygen atoms in total. The Morgan fingerprint density at radius 2 is 1.54 bits per heavy atom. The first-order valence-corrected chi connectivity index (χ1v) is 8.18. The third kappa shape index (κ3) is 2.47.